The molecule has 1 aliphatic carbocycles. The van der Waals surface area contributed by atoms with Crippen LogP contribution in [0.15, 0.2) is 29.8 Å². The number of nitrogens with one attached hydrogen (secondary N) is 1. The van der Waals surface area contributed by atoms with Crippen molar-refractivity contribution in [2.24, 2.45) is 11.8 Å². The second-order valence-electron chi connectivity index (χ2n) is 9.78. The van der Waals surface area contributed by atoms with Gasteiger partial charge in [-0.2, -0.15) is 0 Å². The van der Waals surface area contributed by atoms with E-state index in [0.717, 1.165) is 37.4 Å². The number of aromatic nitrogens is 1. The molecule has 35 heavy (non-hydrogen) atoms. The van der Waals surface area contributed by atoms with Crippen molar-refractivity contribution < 1.29 is 19.1 Å². The zero-order chi connectivity index (χ0) is 24.9. The molecular formula is C26H36N4O4S. The number of likely N-dealkylation sites (N-methyl/N-ethyl adjacent to an activating group) is 1. The molecule has 0 radical (unpaired) electrons. The summed E-state index contributed by atoms with van der Waals surface area (Å²) in [7, 11) is 3.49. The van der Waals surface area contributed by atoms with Gasteiger partial charge in [-0.1, -0.05) is 13.3 Å². The molecule has 1 aromatic heterocycles. The molecule has 1 aliphatic heterocycles. The molecular weight excluding hydrogens is 464 g/mol. The Morgan fingerprint density at radius 2 is 2.09 bits per heavy atom. The van der Waals surface area contributed by atoms with Crippen LogP contribution in [0.2, 0.25) is 0 Å². The maximum absolute atomic E-state index is 13.4. The van der Waals surface area contributed by atoms with Crippen molar-refractivity contribution in [3.63, 3.8) is 0 Å². The lowest BCUT2D eigenvalue weighted by Gasteiger charge is -2.35. The van der Waals surface area contributed by atoms with Gasteiger partial charge in [-0.05, 0) is 37.8 Å². The summed E-state index contributed by atoms with van der Waals surface area (Å²) in [5.74, 6) is 0.668. The summed E-state index contributed by atoms with van der Waals surface area (Å²) in [6.07, 6.45) is 4.68. The molecule has 2 amide bonds. The predicted molar refractivity (Wildman–Crippen MR) is 137 cm³/mol. The first-order valence-corrected chi connectivity index (χ1v) is 13.2. The van der Waals surface area contributed by atoms with Gasteiger partial charge in [0.25, 0.3) is 5.91 Å². The molecule has 0 spiro atoms. The smallest absolute Gasteiger partial charge is 0.257 e. The minimum atomic E-state index is -0.126. The maximum atomic E-state index is 13.4. The Labute approximate surface area is 211 Å². The highest BCUT2D eigenvalue weighted by molar-refractivity contribution is 7.09. The van der Waals surface area contributed by atoms with Gasteiger partial charge in [0.15, 0.2) is 0 Å². The normalized spacial score (nSPS) is 24.5. The zero-order valence-electron chi connectivity index (χ0n) is 21.0. The number of hydrogen-bond acceptors (Lipinski definition) is 7. The van der Waals surface area contributed by atoms with Crippen molar-refractivity contribution in [2.75, 3.05) is 39.2 Å². The van der Waals surface area contributed by atoms with E-state index in [2.05, 4.69) is 29.0 Å². The molecule has 4 rings (SSSR count). The minimum absolute atomic E-state index is 0.0349. The molecule has 1 aromatic carbocycles. The fourth-order valence-corrected chi connectivity index (χ4v) is 5.21. The monoisotopic (exact) mass is 500 g/mol. The highest BCUT2D eigenvalue weighted by Crippen LogP contribution is 2.30. The molecule has 2 aromatic rings. The molecule has 0 unspecified atom stereocenters. The van der Waals surface area contributed by atoms with E-state index in [1.165, 1.54) is 0 Å². The molecule has 2 aliphatic rings. The Balaban J connectivity index is 1.61. The fraction of sp³-hybridized carbons (Fsp3) is 0.577. The molecule has 3 atom stereocenters. The first-order valence-electron chi connectivity index (χ1n) is 12.3. The number of fused-ring (bicyclic) bond motifs is 1. The van der Waals surface area contributed by atoms with Crippen LogP contribution in [0.4, 0.5) is 5.69 Å². The van der Waals surface area contributed by atoms with Crippen molar-refractivity contribution in [1.29, 1.82) is 0 Å². The van der Waals surface area contributed by atoms with Gasteiger partial charge in [-0.3, -0.25) is 14.5 Å². The van der Waals surface area contributed by atoms with Crippen LogP contribution in [0, 0.1) is 11.8 Å². The van der Waals surface area contributed by atoms with Crippen LogP contribution < -0.4 is 10.1 Å². The van der Waals surface area contributed by atoms with Crippen LogP contribution in [0.25, 0.3) is 0 Å². The van der Waals surface area contributed by atoms with Crippen molar-refractivity contribution in [3.8, 4) is 5.75 Å². The van der Waals surface area contributed by atoms with Crippen molar-refractivity contribution in [2.45, 2.75) is 51.8 Å². The van der Waals surface area contributed by atoms with E-state index in [1.807, 2.05) is 11.6 Å². The average molecular weight is 501 g/mol. The summed E-state index contributed by atoms with van der Waals surface area (Å²) in [4.78, 5) is 34.4. The molecule has 1 fully saturated rings. The summed E-state index contributed by atoms with van der Waals surface area (Å²) in [6, 6.07) is 5.38. The van der Waals surface area contributed by atoms with Crippen LogP contribution in [-0.2, 0) is 16.1 Å². The molecule has 1 N–H and O–H groups in total. The van der Waals surface area contributed by atoms with E-state index >= 15 is 0 Å². The van der Waals surface area contributed by atoms with Crippen LogP contribution >= 0.6 is 11.3 Å². The number of rotatable bonds is 5. The summed E-state index contributed by atoms with van der Waals surface area (Å²) < 4.78 is 12.1. The molecule has 0 bridgehead atoms. The summed E-state index contributed by atoms with van der Waals surface area (Å²) in [6.45, 7) is 6.67. The van der Waals surface area contributed by atoms with E-state index in [-0.39, 0.29) is 35.8 Å². The highest BCUT2D eigenvalue weighted by atomic mass is 32.1. The van der Waals surface area contributed by atoms with Crippen molar-refractivity contribution >= 4 is 28.8 Å². The van der Waals surface area contributed by atoms with Gasteiger partial charge >= 0.3 is 0 Å². The maximum Gasteiger partial charge on any atom is 0.257 e. The Morgan fingerprint density at radius 1 is 1.29 bits per heavy atom. The summed E-state index contributed by atoms with van der Waals surface area (Å²) in [5, 5.41) is 6.04. The lowest BCUT2D eigenvalue weighted by Crippen LogP contribution is -2.46. The van der Waals surface area contributed by atoms with Crippen LogP contribution in [0.1, 0.15) is 48.5 Å². The van der Waals surface area contributed by atoms with E-state index < -0.39 is 0 Å². The van der Waals surface area contributed by atoms with Gasteiger partial charge < -0.3 is 19.7 Å². The molecule has 0 saturated heterocycles. The number of hydrogen-bond donors (Lipinski definition) is 1. The van der Waals surface area contributed by atoms with Crippen LogP contribution in [0.3, 0.4) is 0 Å². The number of benzene rings is 1. The largest absolute Gasteiger partial charge is 0.491 e. The number of carbonyl (C=O) groups is 2. The summed E-state index contributed by atoms with van der Waals surface area (Å²) in [5.41, 5.74) is 1.13. The van der Waals surface area contributed by atoms with Crippen LogP contribution in [-0.4, -0.2) is 72.6 Å². The third-order valence-electron chi connectivity index (χ3n) is 7.14. The van der Waals surface area contributed by atoms with Gasteiger partial charge in [0, 0.05) is 62.5 Å². The zero-order valence-corrected chi connectivity index (χ0v) is 21.8. The number of methoxy groups -OCH3 is 1. The van der Waals surface area contributed by atoms with Gasteiger partial charge in [-0.25, -0.2) is 4.98 Å². The number of amides is 2. The average Bonchev–Trinajstić information content (AvgIpc) is 3.31. The third kappa shape index (κ3) is 6.20. The predicted octanol–water partition coefficient (Wildman–Crippen LogP) is 3.89. The number of carbonyl (C=O) groups excluding carboxylic acids is 2. The lowest BCUT2D eigenvalue weighted by atomic mass is 9.85. The molecule has 1 saturated carbocycles. The van der Waals surface area contributed by atoms with Gasteiger partial charge in [0.2, 0.25) is 5.91 Å². The topological polar surface area (TPSA) is 84.0 Å². The van der Waals surface area contributed by atoms with Gasteiger partial charge in [0.05, 0.1) is 18.2 Å². The highest BCUT2D eigenvalue weighted by Gasteiger charge is 2.29. The number of anilines is 1. The van der Waals surface area contributed by atoms with Gasteiger partial charge in [-0.15, -0.1) is 11.3 Å². The first kappa shape index (κ1) is 25.6. The summed E-state index contributed by atoms with van der Waals surface area (Å²) >= 11 is 1.64. The first-order chi connectivity index (χ1) is 16.9. The van der Waals surface area contributed by atoms with E-state index in [4.69, 9.17) is 9.47 Å². The standard InChI is InChI=1S/C26H36N4O4S/c1-17-13-30(15-24-27-10-11-35-24)18(2)16-34-22-12-20(28-25(31)19-6-5-7-19)8-9-21(22)26(32)29(3)14-23(17)33-4/h8-12,17-19,23H,5-7,13-16H2,1-4H3,(H,28,31)/t17-,18+,23+/m0/s1. The Morgan fingerprint density at radius 3 is 2.74 bits per heavy atom. The van der Waals surface area contributed by atoms with Crippen LogP contribution in [0.5, 0.6) is 5.75 Å². The van der Waals surface area contributed by atoms with E-state index in [1.54, 1.807) is 48.6 Å². The molecule has 8 nitrogen and oxygen atoms in total. The van der Waals surface area contributed by atoms with E-state index in [0.29, 0.717) is 30.2 Å². The second-order valence-corrected chi connectivity index (χ2v) is 10.8. The third-order valence-corrected chi connectivity index (χ3v) is 7.91. The molecule has 2 heterocycles. The fourth-order valence-electron chi connectivity index (χ4n) is 4.56. The SMILES string of the molecule is CO[C@@H]1CN(C)C(=O)c2ccc(NC(=O)C3CCC3)cc2OC[C@@H](C)N(Cc2nccs2)C[C@@H]1C. The second kappa shape index (κ2) is 11.5. The molecule has 9 heteroatoms. The Kier molecular flexibility index (Phi) is 8.41. The Hall–Kier alpha value is -2.49. The van der Waals surface area contributed by atoms with Gasteiger partial charge in [0.1, 0.15) is 17.4 Å². The number of nitrogens with zero attached hydrogens (tertiary/aromatic N) is 3. The number of thiazole rings is 1. The van der Waals surface area contributed by atoms with Crippen molar-refractivity contribution in [1.82, 2.24) is 14.8 Å². The van der Waals surface area contributed by atoms with Crippen molar-refractivity contribution in [3.05, 3.63) is 40.3 Å². The van der Waals surface area contributed by atoms with E-state index in [9.17, 15) is 9.59 Å². The number of ether oxygens (including phenoxy) is 2. The Bertz CT molecular complexity index is 1010. The minimum Gasteiger partial charge on any atom is -0.491 e. The lowest BCUT2D eigenvalue weighted by molar-refractivity contribution is -0.122. The molecule has 190 valence electrons. The quantitative estimate of drug-likeness (QED) is 0.671.